The zero-order valence-corrected chi connectivity index (χ0v) is 27.0. The van der Waals surface area contributed by atoms with E-state index in [0.29, 0.717) is 5.02 Å². The Labute approximate surface area is 262 Å². The topological polar surface area (TPSA) is 62.1 Å². The van der Waals surface area contributed by atoms with Gasteiger partial charge in [0.2, 0.25) is 9.84 Å². The van der Waals surface area contributed by atoms with Crippen LogP contribution in [0, 0.1) is 27.7 Å². The van der Waals surface area contributed by atoms with Gasteiger partial charge in [0.05, 0.1) is 48.9 Å². The second kappa shape index (κ2) is 14.3. The van der Waals surface area contributed by atoms with E-state index < -0.39 is 9.84 Å². The lowest BCUT2D eigenvalue weighted by atomic mass is 10.1. The molecule has 0 bridgehead atoms. The summed E-state index contributed by atoms with van der Waals surface area (Å²) in [6.07, 6.45) is 3.56. The molecule has 0 amide bonds. The molecule has 0 aliphatic carbocycles. The molecule has 0 saturated carbocycles. The predicted molar refractivity (Wildman–Crippen MR) is 174 cm³/mol. The van der Waals surface area contributed by atoms with Crippen LogP contribution in [0.2, 0.25) is 20.1 Å². The Morgan fingerprint density at radius 2 is 1.10 bits per heavy atom. The maximum absolute atomic E-state index is 12.4. The molecule has 0 saturated heterocycles. The molecular formula is C31H29Cl4N3O2S. The van der Waals surface area contributed by atoms with E-state index in [4.69, 9.17) is 46.4 Å². The summed E-state index contributed by atoms with van der Waals surface area (Å²) in [5, 5.41) is 0.781. The molecule has 0 unspecified atom stereocenters. The minimum atomic E-state index is -3.76. The first-order valence-electron chi connectivity index (χ1n) is 12.4. The van der Waals surface area contributed by atoms with E-state index in [2.05, 4.69) is 61.9 Å². The lowest BCUT2D eigenvalue weighted by Crippen LogP contribution is -2.12. The SMILES string of the molecule is Cc1ccc(/N=C/N(C)/C=N/c2ccc(C)cc2C)c(C)c1.O=S(=O)(c1ccc(Cl)cc1)c1cc(Cl)c(Cl)cc1Cl. The Morgan fingerprint density at radius 3 is 1.56 bits per heavy atom. The average molecular weight is 649 g/mol. The molecule has 0 N–H and O–H groups in total. The van der Waals surface area contributed by atoms with Crippen LogP contribution in [0.3, 0.4) is 0 Å². The van der Waals surface area contributed by atoms with Crippen molar-refractivity contribution < 1.29 is 8.42 Å². The van der Waals surface area contributed by atoms with Crippen molar-refractivity contribution in [2.24, 2.45) is 9.98 Å². The number of sulfone groups is 1. The maximum Gasteiger partial charge on any atom is 0.208 e. The fourth-order valence-electron chi connectivity index (χ4n) is 3.69. The van der Waals surface area contributed by atoms with E-state index in [1.165, 1.54) is 58.7 Å². The van der Waals surface area contributed by atoms with Crippen molar-refractivity contribution in [2.75, 3.05) is 7.05 Å². The van der Waals surface area contributed by atoms with Gasteiger partial charge >= 0.3 is 0 Å². The Balaban J connectivity index is 0.000000228. The number of benzene rings is 4. The summed E-state index contributed by atoms with van der Waals surface area (Å²) in [6.45, 7) is 8.32. The Hall–Kier alpha value is -2.87. The quantitative estimate of drug-likeness (QED) is 0.119. The highest BCUT2D eigenvalue weighted by molar-refractivity contribution is 7.91. The number of halogens is 4. The molecule has 0 spiro atoms. The van der Waals surface area contributed by atoms with Crippen molar-refractivity contribution in [3.8, 4) is 0 Å². The molecule has 0 atom stereocenters. The van der Waals surface area contributed by atoms with Crippen molar-refractivity contribution in [1.82, 2.24) is 4.90 Å². The summed E-state index contributed by atoms with van der Waals surface area (Å²) in [4.78, 5) is 10.9. The van der Waals surface area contributed by atoms with E-state index in [9.17, 15) is 8.42 Å². The maximum atomic E-state index is 12.4. The zero-order valence-electron chi connectivity index (χ0n) is 23.2. The van der Waals surface area contributed by atoms with Gasteiger partial charge < -0.3 is 4.90 Å². The van der Waals surface area contributed by atoms with E-state index in [-0.39, 0.29) is 24.9 Å². The first kappa shape index (κ1) is 32.6. The summed E-state index contributed by atoms with van der Waals surface area (Å²) in [5.41, 5.74) is 6.82. The van der Waals surface area contributed by atoms with Crippen LogP contribution in [-0.2, 0) is 9.84 Å². The number of rotatable bonds is 6. The van der Waals surface area contributed by atoms with Gasteiger partial charge in [-0.1, -0.05) is 81.8 Å². The van der Waals surface area contributed by atoms with E-state index in [0.717, 1.165) is 11.4 Å². The highest BCUT2D eigenvalue weighted by Gasteiger charge is 2.22. The summed E-state index contributed by atoms with van der Waals surface area (Å²) in [6, 6.07) is 20.8. The van der Waals surface area contributed by atoms with Crippen LogP contribution in [0.25, 0.3) is 0 Å². The summed E-state index contributed by atoms with van der Waals surface area (Å²) < 4.78 is 24.8. The molecule has 41 heavy (non-hydrogen) atoms. The van der Waals surface area contributed by atoms with Crippen molar-refractivity contribution in [1.29, 1.82) is 0 Å². The summed E-state index contributed by atoms with van der Waals surface area (Å²) >= 11 is 23.2. The molecule has 214 valence electrons. The third-order valence-electron chi connectivity index (χ3n) is 5.85. The molecule has 4 aromatic rings. The molecule has 10 heteroatoms. The number of hydrogen-bond acceptors (Lipinski definition) is 4. The Morgan fingerprint density at radius 1 is 0.634 bits per heavy atom. The minimum Gasteiger partial charge on any atom is -0.326 e. The molecule has 4 rings (SSSR count). The minimum absolute atomic E-state index is 0.0179. The standard InChI is InChI=1S/C19H23N3.C12H6Cl4O2S/c1-14-6-8-18(16(3)10-14)20-12-22(5)13-21-19-9-7-15(2)11-17(19)4;13-7-1-3-8(4-2-7)19(17,18)12-6-10(15)9(14)5-11(12)16/h6-13H,1-5H3;1-6H/b20-12+,21-13+;. The van der Waals surface area contributed by atoms with Crippen molar-refractivity contribution >= 4 is 80.3 Å². The van der Waals surface area contributed by atoms with Gasteiger partial charge in [-0.15, -0.1) is 0 Å². The van der Waals surface area contributed by atoms with Gasteiger partial charge in [0.15, 0.2) is 0 Å². The molecular weight excluding hydrogens is 620 g/mol. The Bertz CT molecular complexity index is 1640. The predicted octanol–water partition coefficient (Wildman–Crippen LogP) is 10.0. The fourth-order valence-corrected chi connectivity index (χ4v) is 6.07. The second-order valence-electron chi connectivity index (χ2n) is 9.39. The van der Waals surface area contributed by atoms with Gasteiger partial charge in [0, 0.05) is 12.1 Å². The van der Waals surface area contributed by atoms with E-state index in [1.807, 2.05) is 24.1 Å². The number of aryl methyl sites for hydroxylation is 4. The first-order valence-corrected chi connectivity index (χ1v) is 15.4. The van der Waals surface area contributed by atoms with Crippen LogP contribution >= 0.6 is 46.4 Å². The molecule has 0 aliphatic rings. The lowest BCUT2D eigenvalue weighted by Gasteiger charge is -2.08. The number of aliphatic imine (C=N–C) groups is 2. The third kappa shape index (κ3) is 9.06. The normalized spacial score (nSPS) is 11.5. The van der Waals surface area contributed by atoms with Crippen LogP contribution < -0.4 is 0 Å². The molecule has 0 aliphatic heterocycles. The number of hydrogen-bond donors (Lipinski definition) is 0. The zero-order chi connectivity index (χ0) is 30.3. The van der Waals surface area contributed by atoms with Crippen LogP contribution in [0.15, 0.2) is 92.6 Å². The smallest absolute Gasteiger partial charge is 0.208 e. The summed E-state index contributed by atoms with van der Waals surface area (Å²) in [5.74, 6) is 0. The van der Waals surface area contributed by atoms with Gasteiger partial charge in [0.1, 0.15) is 0 Å². The average Bonchev–Trinajstić information content (AvgIpc) is 2.90. The second-order valence-corrected chi connectivity index (χ2v) is 13.0. The molecule has 0 heterocycles. The van der Waals surface area contributed by atoms with Crippen molar-refractivity contribution in [2.45, 2.75) is 37.5 Å². The van der Waals surface area contributed by atoms with Gasteiger partial charge in [-0.3, -0.25) is 0 Å². The lowest BCUT2D eigenvalue weighted by molar-refractivity contribution is 0.596. The van der Waals surface area contributed by atoms with Crippen LogP contribution in [0.1, 0.15) is 22.3 Å². The van der Waals surface area contributed by atoms with Gasteiger partial charge in [0.25, 0.3) is 0 Å². The fraction of sp³-hybridized carbons (Fsp3) is 0.161. The van der Waals surface area contributed by atoms with Crippen LogP contribution in [0.4, 0.5) is 11.4 Å². The monoisotopic (exact) mass is 647 g/mol. The van der Waals surface area contributed by atoms with Gasteiger partial charge in [-0.2, -0.15) is 0 Å². The van der Waals surface area contributed by atoms with Crippen molar-refractivity contribution in [3.05, 3.63) is 115 Å². The Kier molecular flexibility index (Phi) is 11.4. The highest BCUT2D eigenvalue weighted by Crippen LogP contribution is 2.34. The van der Waals surface area contributed by atoms with E-state index >= 15 is 0 Å². The van der Waals surface area contributed by atoms with E-state index in [1.54, 1.807) is 12.7 Å². The van der Waals surface area contributed by atoms with Crippen molar-refractivity contribution in [3.63, 3.8) is 0 Å². The third-order valence-corrected chi connectivity index (χ3v) is 9.06. The summed E-state index contributed by atoms with van der Waals surface area (Å²) in [7, 11) is -1.83. The van der Waals surface area contributed by atoms with Crippen LogP contribution in [0.5, 0.6) is 0 Å². The first-order chi connectivity index (χ1) is 19.3. The molecule has 0 aromatic heterocycles. The molecule has 4 aromatic carbocycles. The number of nitrogens with zero attached hydrogens (tertiary/aromatic N) is 3. The van der Waals surface area contributed by atoms with Gasteiger partial charge in [-0.25, -0.2) is 18.4 Å². The largest absolute Gasteiger partial charge is 0.326 e. The molecule has 5 nitrogen and oxygen atoms in total. The van der Waals surface area contributed by atoms with Gasteiger partial charge in [-0.05, 0) is 87.4 Å². The molecule has 0 fully saturated rings. The van der Waals surface area contributed by atoms with Crippen LogP contribution in [-0.4, -0.2) is 33.0 Å². The molecule has 0 radical (unpaired) electrons. The highest BCUT2D eigenvalue weighted by atomic mass is 35.5.